The SMILES string of the molecule is Fc1ccccc1C1CN(c2nnc(Cc3ccc(Cl)cc3)s2)CCO1. The van der Waals surface area contributed by atoms with Crippen LogP contribution >= 0.6 is 22.9 Å². The van der Waals surface area contributed by atoms with Gasteiger partial charge in [0.1, 0.15) is 16.9 Å². The summed E-state index contributed by atoms with van der Waals surface area (Å²) in [6, 6.07) is 14.5. The van der Waals surface area contributed by atoms with Gasteiger partial charge in [0, 0.05) is 23.6 Å². The van der Waals surface area contributed by atoms with Crippen molar-refractivity contribution in [1.82, 2.24) is 10.2 Å². The molecule has 1 fully saturated rings. The molecule has 1 saturated heterocycles. The van der Waals surface area contributed by atoms with Gasteiger partial charge in [0.15, 0.2) is 0 Å². The van der Waals surface area contributed by atoms with Gasteiger partial charge in [-0.05, 0) is 23.8 Å². The van der Waals surface area contributed by atoms with Crippen LogP contribution in [-0.2, 0) is 11.2 Å². The normalized spacial score (nSPS) is 17.5. The number of hydrogen-bond acceptors (Lipinski definition) is 5. The monoisotopic (exact) mass is 389 g/mol. The van der Waals surface area contributed by atoms with Crippen molar-refractivity contribution in [3.8, 4) is 0 Å². The number of halogens is 2. The Hall–Kier alpha value is -2.02. The molecule has 2 aromatic carbocycles. The van der Waals surface area contributed by atoms with E-state index in [0.29, 0.717) is 18.7 Å². The lowest BCUT2D eigenvalue weighted by molar-refractivity contribution is 0.0375. The van der Waals surface area contributed by atoms with Crippen LogP contribution in [-0.4, -0.2) is 29.9 Å². The van der Waals surface area contributed by atoms with Crippen molar-refractivity contribution < 1.29 is 9.13 Å². The molecule has 26 heavy (non-hydrogen) atoms. The second kappa shape index (κ2) is 7.70. The van der Waals surface area contributed by atoms with Crippen molar-refractivity contribution >= 4 is 28.1 Å². The Kier molecular flexibility index (Phi) is 5.15. The van der Waals surface area contributed by atoms with Crippen LogP contribution in [0.4, 0.5) is 9.52 Å². The van der Waals surface area contributed by atoms with E-state index in [9.17, 15) is 4.39 Å². The first-order valence-electron chi connectivity index (χ1n) is 8.37. The van der Waals surface area contributed by atoms with E-state index < -0.39 is 0 Å². The standard InChI is InChI=1S/C19H17ClFN3OS/c20-14-7-5-13(6-8-14)11-18-22-23-19(26-18)24-9-10-25-17(12-24)15-3-1-2-4-16(15)21/h1-8,17H,9-12H2. The quantitative estimate of drug-likeness (QED) is 0.658. The first kappa shape index (κ1) is 17.4. The zero-order valence-corrected chi connectivity index (χ0v) is 15.5. The summed E-state index contributed by atoms with van der Waals surface area (Å²) in [7, 11) is 0. The van der Waals surface area contributed by atoms with Crippen molar-refractivity contribution in [2.45, 2.75) is 12.5 Å². The molecule has 7 heteroatoms. The molecule has 0 radical (unpaired) electrons. The highest BCUT2D eigenvalue weighted by Crippen LogP contribution is 2.30. The van der Waals surface area contributed by atoms with Crippen LogP contribution in [0, 0.1) is 5.82 Å². The summed E-state index contributed by atoms with van der Waals surface area (Å²) >= 11 is 7.49. The Morgan fingerprint density at radius 3 is 2.77 bits per heavy atom. The molecule has 3 aromatic rings. The maximum Gasteiger partial charge on any atom is 0.208 e. The lowest BCUT2D eigenvalue weighted by Crippen LogP contribution is -2.38. The molecule has 2 heterocycles. The van der Waals surface area contributed by atoms with Gasteiger partial charge in [0.25, 0.3) is 0 Å². The van der Waals surface area contributed by atoms with Crippen LogP contribution in [0.2, 0.25) is 5.02 Å². The Morgan fingerprint density at radius 2 is 1.96 bits per heavy atom. The van der Waals surface area contributed by atoms with E-state index in [4.69, 9.17) is 16.3 Å². The van der Waals surface area contributed by atoms with Crippen molar-refractivity contribution in [3.05, 3.63) is 75.5 Å². The highest BCUT2D eigenvalue weighted by atomic mass is 35.5. The summed E-state index contributed by atoms with van der Waals surface area (Å²) in [5.41, 5.74) is 1.73. The van der Waals surface area contributed by atoms with Crippen LogP contribution in [0.25, 0.3) is 0 Å². The predicted molar refractivity (Wildman–Crippen MR) is 101 cm³/mol. The van der Waals surface area contributed by atoms with Gasteiger partial charge in [-0.25, -0.2) is 4.39 Å². The molecule has 0 N–H and O–H groups in total. The maximum atomic E-state index is 14.0. The van der Waals surface area contributed by atoms with Crippen molar-refractivity contribution in [2.24, 2.45) is 0 Å². The minimum Gasteiger partial charge on any atom is -0.370 e. The van der Waals surface area contributed by atoms with Crippen molar-refractivity contribution in [1.29, 1.82) is 0 Å². The summed E-state index contributed by atoms with van der Waals surface area (Å²) in [4.78, 5) is 2.11. The van der Waals surface area contributed by atoms with E-state index in [1.807, 2.05) is 30.3 Å². The molecule has 1 aliphatic heterocycles. The highest BCUT2D eigenvalue weighted by molar-refractivity contribution is 7.15. The van der Waals surface area contributed by atoms with Crippen LogP contribution < -0.4 is 4.90 Å². The van der Waals surface area contributed by atoms with Gasteiger partial charge in [-0.3, -0.25) is 0 Å². The fraction of sp³-hybridized carbons (Fsp3) is 0.263. The van der Waals surface area contributed by atoms with Gasteiger partial charge < -0.3 is 9.64 Å². The molecule has 134 valence electrons. The first-order valence-corrected chi connectivity index (χ1v) is 9.56. The number of morpholine rings is 1. The van der Waals surface area contributed by atoms with Gasteiger partial charge >= 0.3 is 0 Å². The molecule has 1 aliphatic rings. The number of hydrogen-bond donors (Lipinski definition) is 0. The largest absolute Gasteiger partial charge is 0.370 e. The number of ether oxygens (including phenoxy) is 1. The molecule has 0 bridgehead atoms. The molecule has 1 atom stereocenters. The summed E-state index contributed by atoms with van der Waals surface area (Å²) in [6.07, 6.45) is 0.421. The molecular weight excluding hydrogens is 373 g/mol. The Bertz CT molecular complexity index is 887. The molecular formula is C19H17ClFN3OS. The van der Waals surface area contributed by atoms with Crippen LogP contribution in [0.1, 0.15) is 22.2 Å². The molecule has 4 nitrogen and oxygen atoms in total. The average molecular weight is 390 g/mol. The highest BCUT2D eigenvalue weighted by Gasteiger charge is 2.26. The number of benzene rings is 2. The Morgan fingerprint density at radius 1 is 1.15 bits per heavy atom. The van der Waals surface area contributed by atoms with Gasteiger partial charge in [-0.2, -0.15) is 0 Å². The van der Waals surface area contributed by atoms with Gasteiger partial charge in [0.2, 0.25) is 5.13 Å². The smallest absolute Gasteiger partial charge is 0.208 e. The zero-order valence-electron chi connectivity index (χ0n) is 13.9. The minimum atomic E-state index is -0.298. The first-order chi connectivity index (χ1) is 12.7. The Balaban J connectivity index is 1.47. The molecule has 1 unspecified atom stereocenters. The van der Waals surface area contributed by atoms with E-state index in [2.05, 4.69) is 15.1 Å². The predicted octanol–water partition coefficient (Wildman–Crippen LogP) is 4.50. The van der Waals surface area contributed by atoms with Gasteiger partial charge in [-0.1, -0.05) is 53.3 Å². The molecule has 4 rings (SSSR count). The summed E-state index contributed by atoms with van der Waals surface area (Å²) in [6.45, 7) is 1.82. The third-order valence-corrected chi connectivity index (χ3v) is 5.55. The van der Waals surface area contributed by atoms with Crippen LogP contribution in [0.5, 0.6) is 0 Å². The van der Waals surface area contributed by atoms with Gasteiger partial charge in [-0.15, -0.1) is 10.2 Å². The molecule has 0 saturated carbocycles. The lowest BCUT2D eigenvalue weighted by atomic mass is 10.1. The third kappa shape index (κ3) is 3.87. The van der Waals surface area contributed by atoms with E-state index in [1.54, 1.807) is 23.5 Å². The van der Waals surface area contributed by atoms with Crippen LogP contribution in [0.3, 0.4) is 0 Å². The molecule has 0 spiro atoms. The van der Waals surface area contributed by atoms with Crippen molar-refractivity contribution in [3.63, 3.8) is 0 Å². The molecule has 0 aliphatic carbocycles. The second-order valence-corrected chi connectivity index (χ2v) is 7.59. The van der Waals surface area contributed by atoms with E-state index in [1.165, 1.54) is 6.07 Å². The second-order valence-electron chi connectivity index (χ2n) is 6.11. The minimum absolute atomic E-state index is 0.236. The van der Waals surface area contributed by atoms with E-state index in [0.717, 1.165) is 33.7 Å². The molecule has 0 amide bonds. The topological polar surface area (TPSA) is 38.2 Å². The third-order valence-electron chi connectivity index (χ3n) is 4.31. The lowest BCUT2D eigenvalue weighted by Gasteiger charge is -2.32. The Labute approximate surface area is 160 Å². The fourth-order valence-corrected chi connectivity index (χ4v) is 4.00. The molecule has 1 aromatic heterocycles. The number of rotatable bonds is 4. The number of aromatic nitrogens is 2. The number of nitrogens with zero attached hydrogens (tertiary/aromatic N) is 3. The van der Waals surface area contributed by atoms with Crippen LogP contribution in [0.15, 0.2) is 48.5 Å². The average Bonchev–Trinajstić information content (AvgIpc) is 3.13. The number of anilines is 1. The summed E-state index contributed by atoms with van der Waals surface area (Å²) in [5, 5.41) is 11.1. The fourth-order valence-electron chi connectivity index (χ4n) is 2.97. The van der Waals surface area contributed by atoms with E-state index >= 15 is 0 Å². The van der Waals surface area contributed by atoms with Crippen molar-refractivity contribution in [2.75, 3.05) is 24.6 Å². The maximum absolute atomic E-state index is 14.0. The summed E-state index contributed by atoms with van der Waals surface area (Å²) < 4.78 is 19.8. The summed E-state index contributed by atoms with van der Waals surface area (Å²) in [5.74, 6) is -0.236. The zero-order chi connectivity index (χ0) is 17.9. The van der Waals surface area contributed by atoms with E-state index in [-0.39, 0.29) is 11.9 Å². The van der Waals surface area contributed by atoms with Gasteiger partial charge in [0.05, 0.1) is 13.2 Å².